The van der Waals surface area contributed by atoms with E-state index in [9.17, 15) is 0 Å². The molecule has 0 amide bonds. The summed E-state index contributed by atoms with van der Waals surface area (Å²) in [5.41, 5.74) is 5.82. The van der Waals surface area contributed by atoms with Gasteiger partial charge in [-0.1, -0.05) is 18.2 Å². The molecule has 0 aliphatic rings. The van der Waals surface area contributed by atoms with Crippen LogP contribution in [0.15, 0.2) is 24.4 Å². The third kappa shape index (κ3) is 2.92. The Morgan fingerprint density at radius 3 is 2.58 bits per heavy atom. The highest BCUT2D eigenvalue weighted by molar-refractivity contribution is 5.45. The molecule has 0 aliphatic heterocycles. The topological polar surface area (TPSA) is 37.8 Å². The summed E-state index contributed by atoms with van der Waals surface area (Å²) in [6, 6.07) is 6.63. The molecule has 1 unspecified atom stereocenters. The Morgan fingerprint density at radius 2 is 1.84 bits per heavy atom. The Hall–Kier alpha value is -1.90. The summed E-state index contributed by atoms with van der Waals surface area (Å²) in [5, 5.41) is 3.46. The van der Waals surface area contributed by atoms with E-state index in [0.717, 1.165) is 17.2 Å². The SMILES string of the molecule is Cc1cnc(C)c(NC(C)c2cccc(C)c2C)n1. The Labute approximate surface area is 115 Å². The van der Waals surface area contributed by atoms with Gasteiger partial charge >= 0.3 is 0 Å². The van der Waals surface area contributed by atoms with Crippen LogP contribution in [0.3, 0.4) is 0 Å². The van der Waals surface area contributed by atoms with Crippen LogP contribution >= 0.6 is 0 Å². The molecule has 1 aromatic carbocycles. The van der Waals surface area contributed by atoms with Crippen LogP contribution in [0.1, 0.15) is 41.0 Å². The van der Waals surface area contributed by atoms with Crippen molar-refractivity contribution < 1.29 is 0 Å². The predicted octanol–water partition coefficient (Wildman–Crippen LogP) is 3.88. The first-order valence-corrected chi connectivity index (χ1v) is 6.62. The molecule has 1 heterocycles. The van der Waals surface area contributed by atoms with E-state index < -0.39 is 0 Å². The highest BCUT2D eigenvalue weighted by Gasteiger charge is 2.11. The van der Waals surface area contributed by atoms with Gasteiger partial charge in [0, 0.05) is 6.20 Å². The van der Waals surface area contributed by atoms with Gasteiger partial charge in [0.15, 0.2) is 0 Å². The number of aryl methyl sites for hydroxylation is 3. The Bertz CT molecular complexity index is 591. The van der Waals surface area contributed by atoms with Gasteiger partial charge in [-0.2, -0.15) is 0 Å². The second-order valence-corrected chi connectivity index (χ2v) is 5.10. The average molecular weight is 255 g/mol. The standard InChI is InChI=1S/C16H21N3/c1-10-7-6-8-15(12(10)3)13(4)19-16-14(5)17-9-11(2)18-16/h6-9,13H,1-5H3,(H,18,19). The highest BCUT2D eigenvalue weighted by Crippen LogP contribution is 2.24. The molecule has 0 bridgehead atoms. The number of benzene rings is 1. The molecule has 3 nitrogen and oxygen atoms in total. The first-order valence-electron chi connectivity index (χ1n) is 6.62. The molecule has 0 spiro atoms. The molecule has 2 aromatic rings. The van der Waals surface area contributed by atoms with E-state index >= 15 is 0 Å². The van der Waals surface area contributed by atoms with Gasteiger partial charge in [-0.15, -0.1) is 0 Å². The van der Waals surface area contributed by atoms with E-state index in [4.69, 9.17) is 0 Å². The van der Waals surface area contributed by atoms with Crippen LogP contribution in [0, 0.1) is 27.7 Å². The van der Waals surface area contributed by atoms with Crippen LogP contribution in [-0.2, 0) is 0 Å². The smallest absolute Gasteiger partial charge is 0.148 e. The second-order valence-electron chi connectivity index (χ2n) is 5.10. The molecule has 1 N–H and O–H groups in total. The van der Waals surface area contributed by atoms with Crippen molar-refractivity contribution >= 4 is 5.82 Å². The fraction of sp³-hybridized carbons (Fsp3) is 0.375. The van der Waals surface area contributed by atoms with Crippen molar-refractivity contribution in [2.24, 2.45) is 0 Å². The number of hydrogen-bond acceptors (Lipinski definition) is 3. The summed E-state index contributed by atoms with van der Waals surface area (Å²) in [4.78, 5) is 8.86. The maximum atomic E-state index is 4.52. The number of anilines is 1. The summed E-state index contributed by atoms with van der Waals surface area (Å²) >= 11 is 0. The molecule has 19 heavy (non-hydrogen) atoms. The number of rotatable bonds is 3. The zero-order valence-electron chi connectivity index (χ0n) is 12.3. The molecule has 0 saturated heterocycles. The molecule has 0 fully saturated rings. The summed E-state index contributed by atoms with van der Waals surface area (Å²) in [6.07, 6.45) is 1.79. The van der Waals surface area contributed by atoms with Crippen molar-refractivity contribution in [3.63, 3.8) is 0 Å². The molecule has 2 rings (SSSR count). The average Bonchev–Trinajstić information content (AvgIpc) is 2.37. The van der Waals surface area contributed by atoms with Gasteiger partial charge in [0.25, 0.3) is 0 Å². The molecular formula is C16H21N3. The largest absolute Gasteiger partial charge is 0.362 e. The lowest BCUT2D eigenvalue weighted by Crippen LogP contribution is -2.12. The maximum absolute atomic E-state index is 4.52. The quantitative estimate of drug-likeness (QED) is 0.904. The van der Waals surface area contributed by atoms with Crippen molar-refractivity contribution in [3.05, 3.63) is 52.5 Å². The van der Waals surface area contributed by atoms with Gasteiger partial charge in [0.2, 0.25) is 0 Å². The summed E-state index contributed by atoms with van der Waals surface area (Å²) in [6.45, 7) is 10.4. The zero-order valence-corrected chi connectivity index (χ0v) is 12.3. The summed E-state index contributed by atoms with van der Waals surface area (Å²) in [7, 11) is 0. The third-order valence-electron chi connectivity index (χ3n) is 3.54. The van der Waals surface area contributed by atoms with E-state index in [1.165, 1.54) is 16.7 Å². The van der Waals surface area contributed by atoms with Gasteiger partial charge in [0.1, 0.15) is 5.82 Å². The van der Waals surface area contributed by atoms with Crippen molar-refractivity contribution in [3.8, 4) is 0 Å². The van der Waals surface area contributed by atoms with Crippen LogP contribution in [0.4, 0.5) is 5.82 Å². The number of nitrogens with zero attached hydrogens (tertiary/aromatic N) is 2. The molecule has 0 saturated carbocycles. The van der Waals surface area contributed by atoms with E-state index in [0.29, 0.717) is 0 Å². The molecule has 0 aliphatic carbocycles. The molecule has 100 valence electrons. The molecule has 0 radical (unpaired) electrons. The molecule has 1 atom stereocenters. The second kappa shape index (κ2) is 5.39. The van der Waals surface area contributed by atoms with Crippen molar-refractivity contribution in [1.29, 1.82) is 0 Å². The molecule has 1 aromatic heterocycles. The van der Waals surface area contributed by atoms with Gasteiger partial charge in [-0.25, -0.2) is 4.98 Å². The lowest BCUT2D eigenvalue weighted by Gasteiger charge is -2.19. The fourth-order valence-corrected chi connectivity index (χ4v) is 2.20. The van der Waals surface area contributed by atoms with Crippen LogP contribution in [0.25, 0.3) is 0 Å². The molecular weight excluding hydrogens is 234 g/mol. The normalized spacial score (nSPS) is 12.3. The monoisotopic (exact) mass is 255 g/mol. The lowest BCUT2D eigenvalue weighted by atomic mass is 9.98. The van der Waals surface area contributed by atoms with E-state index in [2.05, 4.69) is 54.3 Å². The minimum absolute atomic E-state index is 0.217. The van der Waals surface area contributed by atoms with Gasteiger partial charge < -0.3 is 5.32 Å². The third-order valence-corrected chi connectivity index (χ3v) is 3.54. The number of hydrogen-bond donors (Lipinski definition) is 1. The zero-order chi connectivity index (χ0) is 14.0. The van der Waals surface area contributed by atoms with Crippen molar-refractivity contribution in [2.45, 2.75) is 40.7 Å². The predicted molar refractivity (Wildman–Crippen MR) is 79.5 cm³/mol. The summed E-state index contributed by atoms with van der Waals surface area (Å²) < 4.78 is 0. The van der Waals surface area contributed by atoms with E-state index in [-0.39, 0.29) is 6.04 Å². The van der Waals surface area contributed by atoms with E-state index in [1.807, 2.05) is 13.8 Å². The first kappa shape index (κ1) is 13.5. The van der Waals surface area contributed by atoms with Gasteiger partial charge in [-0.05, 0) is 51.3 Å². The Morgan fingerprint density at radius 1 is 1.11 bits per heavy atom. The van der Waals surface area contributed by atoms with Gasteiger partial charge in [-0.3, -0.25) is 4.98 Å². The minimum Gasteiger partial charge on any atom is -0.362 e. The fourth-order valence-electron chi connectivity index (χ4n) is 2.20. The van der Waals surface area contributed by atoms with Crippen LogP contribution in [0.2, 0.25) is 0 Å². The lowest BCUT2D eigenvalue weighted by molar-refractivity contribution is 0.851. The van der Waals surface area contributed by atoms with Crippen LogP contribution < -0.4 is 5.32 Å². The Kier molecular flexibility index (Phi) is 3.84. The van der Waals surface area contributed by atoms with Crippen molar-refractivity contribution in [1.82, 2.24) is 9.97 Å². The summed E-state index contributed by atoms with van der Waals surface area (Å²) in [5.74, 6) is 0.869. The van der Waals surface area contributed by atoms with Crippen molar-refractivity contribution in [2.75, 3.05) is 5.32 Å². The van der Waals surface area contributed by atoms with E-state index in [1.54, 1.807) is 6.20 Å². The number of nitrogens with one attached hydrogen (secondary N) is 1. The minimum atomic E-state index is 0.217. The van der Waals surface area contributed by atoms with Gasteiger partial charge in [0.05, 0.1) is 17.4 Å². The number of aromatic nitrogens is 2. The highest BCUT2D eigenvalue weighted by atomic mass is 15.0. The van der Waals surface area contributed by atoms with Crippen LogP contribution in [-0.4, -0.2) is 9.97 Å². The Balaban J connectivity index is 2.28. The maximum Gasteiger partial charge on any atom is 0.148 e. The molecule has 3 heteroatoms. The van der Waals surface area contributed by atoms with Crippen LogP contribution in [0.5, 0.6) is 0 Å². The first-order chi connectivity index (χ1) is 8.99.